The monoisotopic (exact) mass is 560 g/mol. The van der Waals surface area contributed by atoms with Gasteiger partial charge in [0, 0.05) is 28.2 Å². The molecule has 2 atom stereocenters. The highest BCUT2D eigenvalue weighted by Gasteiger charge is 2.57. The minimum absolute atomic E-state index is 0.0634. The lowest BCUT2D eigenvalue weighted by molar-refractivity contribution is -0.265. The van der Waals surface area contributed by atoms with Crippen LogP contribution in [-0.2, 0) is 15.8 Å². The molecule has 1 aliphatic rings. The van der Waals surface area contributed by atoms with E-state index in [4.69, 9.17) is 10.5 Å². The topological polar surface area (TPSA) is 130 Å². The Morgan fingerprint density at radius 1 is 1.15 bits per heavy atom. The van der Waals surface area contributed by atoms with Crippen molar-refractivity contribution in [2.75, 3.05) is 13.2 Å². The number of hydrogen-bond donors (Lipinski definition) is 4. The van der Waals surface area contributed by atoms with E-state index in [9.17, 15) is 36.6 Å². The van der Waals surface area contributed by atoms with Gasteiger partial charge in [0.25, 0.3) is 5.91 Å². The fourth-order valence-corrected chi connectivity index (χ4v) is 4.49. The van der Waals surface area contributed by atoms with Crippen molar-refractivity contribution in [1.29, 1.82) is 0 Å². The summed E-state index contributed by atoms with van der Waals surface area (Å²) >= 11 is 0. The molecule has 0 saturated carbocycles. The van der Waals surface area contributed by atoms with Gasteiger partial charge in [-0.05, 0) is 55.5 Å². The molecule has 40 heavy (non-hydrogen) atoms. The molecule has 3 heterocycles. The van der Waals surface area contributed by atoms with Gasteiger partial charge in [0.05, 0.1) is 17.8 Å². The first-order chi connectivity index (χ1) is 18.7. The molecule has 4 aromatic rings. The average Bonchev–Trinajstić information content (AvgIpc) is 3.50. The first-order valence-electron chi connectivity index (χ1n) is 11.8. The Morgan fingerprint density at radius 3 is 2.50 bits per heavy atom. The van der Waals surface area contributed by atoms with Crippen LogP contribution in [0.5, 0.6) is 5.75 Å². The molecule has 13 heteroatoms. The molecule has 0 aliphatic carbocycles. The molecule has 0 unspecified atom stereocenters. The molecule has 2 aromatic carbocycles. The van der Waals surface area contributed by atoms with Crippen LogP contribution in [0.15, 0.2) is 54.7 Å². The number of aromatic nitrogens is 2. The lowest BCUT2D eigenvalue weighted by atomic mass is 9.81. The van der Waals surface area contributed by atoms with Crippen molar-refractivity contribution < 1.29 is 41.4 Å². The van der Waals surface area contributed by atoms with Gasteiger partial charge in [-0.1, -0.05) is 0 Å². The van der Waals surface area contributed by atoms with Crippen LogP contribution in [0.2, 0.25) is 0 Å². The number of nitrogens with two attached hydrogens (primary N) is 1. The fourth-order valence-electron chi connectivity index (χ4n) is 4.49. The third kappa shape index (κ3) is 4.31. The highest BCUT2D eigenvalue weighted by Crippen LogP contribution is 2.47. The molecule has 1 aliphatic heterocycles. The van der Waals surface area contributed by atoms with Gasteiger partial charge in [-0.25, -0.2) is 13.8 Å². The Morgan fingerprint density at radius 2 is 1.85 bits per heavy atom. The predicted octanol–water partition coefficient (Wildman–Crippen LogP) is 3.82. The van der Waals surface area contributed by atoms with Crippen LogP contribution in [0.25, 0.3) is 22.2 Å². The molecule has 0 saturated heterocycles. The van der Waals surface area contributed by atoms with Crippen LogP contribution in [0, 0.1) is 11.6 Å². The number of amides is 2. The summed E-state index contributed by atoms with van der Waals surface area (Å²) in [4.78, 5) is 31.8. The first-order valence-corrected chi connectivity index (χ1v) is 11.8. The van der Waals surface area contributed by atoms with Gasteiger partial charge < -0.3 is 25.9 Å². The molecule has 8 nitrogen and oxygen atoms in total. The van der Waals surface area contributed by atoms with E-state index < -0.39 is 58.4 Å². The van der Waals surface area contributed by atoms with Crippen molar-refractivity contribution in [2.24, 2.45) is 5.73 Å². The zero-order chi connectivity index (χ0) is 29.0. The Labute approximate surface area is 223 Å². The maximum atomic E-state index is 14.5. The molecule has 0 radical (unpaired) electrons. The van der Waals surface area contributed by atoms with Crippen molar-refractivity contribution in [2.45, 2.75) is 24.1 Å². The molecule has 5 N–H and O–H groups in total. The normalized spacial score (nSPS) is 18.2. The SMILES string of the molecule is C[C@]1(C(N)=O)COc2c1cc([C@@](O)(CNC(=O)c1cc3[nH]ccc3cc1F)C(F)(F)F)nc2-c1ccc(F)cc1. The Hall–Kier alpha value is -4.52. The summed E-state index contributed by atoms with van der Waals surface area (Å²) in [6.45, 7) is -0.424. The van der Waals surface area contributed by atoms with Crippen molar-refractivity contribution in [3.8, 4) is 17.0 Å². The van der Waals surface area contributed by atoms with E-state index in [1.165, 1.54) is 25.3 Å². The summed E-state index contributed by atoms with van der Waals surface area (Å²) < 4.78 is 77.2. The number of alkyl halides is 3. The fraction of sp³-hybridized carbons (Fsp3) is 0.222. The lowest BCUT2D eigenvalue weighted by Crippen LogP contribution is -2.52. The van der Waals surface area contributed by atoms with Crippen molar-refractivity contribution >= 4 is 22.7 Å². The molecular weight excluding hydrogens is 539 g/mol. The second-order valence-corrected chi connectivity index (χ2v) is 9.66. The number of halogens is 5. The summed E-state index contributed by atoms with van der Waals surface area (Å²) in [5.41, 5.74) is -1.20. The lowest BCUT2D eigenvalue weighted by Gasteiger charge is -2.31. The maximum Gasteiger partial charge on any atom is 0.424 e. The maximum absolute atomic E-state index is 14.5. The van der Waals surface area contributed by atoms with Gasteiger partial charge in [0.15, 0.2) is 0 Å². The van der Waals surface area contributed by atoms with E-state index in [2.05, 4.69) is 9.97 Å². The van der Waals surface area contributed by atoms with Gasteiger partial charge in [-0.15, -0.1) is 0 Å². The number of aliphatic hydroxyl groups is 1. The summed E-state index contributed by atoms with van der Waals surface area (Å²) in [5, 5.41) is 13.4. The molecular formula is C27H21F5N4O4. The van der Waals surface area contributed by atoms with Gasteiger partial charge in [0.1, 0.15) is 35.1 Å². The van der Waals surface area contributed by atoms with Crippen molar-refractivity contribution in [1.82, 2.24) is 15.3 Å². The number of rotatable bonds is 6. The number of H-pyrrole nitrogens is 1. The molecule has 5 rings (SSSR count). The number of nitrogens with zero attached hydrogens (tertiary/aromatic N) is 1. The number of carbonyl (C=O) groups excluding carboxylic acids is 2. The molecule has 2 amide bonds. The van der Waals surface area contributed by atoms with Crippen molar-refractivity contribution in [3.63, 3.8) is 0 Å². The zero-order valence-corrected chi connectivity index (χ0v) is 20.7. The number of fused-ring (bicyclic) bond motifs is 2. The van der Waals surface area contributed by atoms with Gasteiger partial charge in [-0.3, -0.25) is 9.59 Å². The highest BCUT2D eigenvalue weighted by atomic mass is 19.4. The summed E-state index contributed by atoms with van der Waals surface area (Å²) in [5.74, 6) is -3.80. The third-order valence-corrected chi connectivity index (χ3v) is 7.02. The van der Waals surface area contributed by atoms with E-state index in [1.54, 1.807) is 6.07 Å². The van der Waals surface area contributed by atoms with Crippen LogP contribution in [0.1, 0.15) is 28.5 Å². The molecule has 0 fully saturated rings. The zero-order valence-electron chi connectivity index (χ0n) is 20.7. The van der Waals surface area contributed by atoms with Gasteiger partial charge in [-0.2, -0.15) is 13.2 Å². The number of pyridine rings is 1. The standard InChI is InChI=1S/C27H21F5N4O4/c1-25(24(33)38)12-40-22-17(25)10-20(36-21(22)13-2-4-15(28)5-3-13)26(39,27(30,31)32)11-35-23(37)16-9-19-14(6-7-34-19)8-18(16)29/h2-10,34,39H,11-12H2,1H3,(H2,33,38)(H,35,37)/t25-,26-/m0/s1. The Bertz CT molecular complexity index is 1650. The van der Waals surface area contributed by atoms with Crippen LogP contribution < -0.4 is 15.8 Å². The second kappa shape index (κ2) is 9.30. The number of benzene rings is 2. The van der Waals surface area contributed by atoms with Crippen LogP contribution >= 0.6 is 0 Å². The smallest absolute Gasteiger partial charge is 0.424 e. The van der Waals surface area contributed by atoms with E-state index in [-0.39, 0.29) is 29.2 Å². The van der Waals surface area contributed by atoms with E-state index in [1.807, 2.05) is 5.32 Å². The molecule has 0 bridgehead atoms. The average molecular weight is 560 g/mol. The quantitative estimate of drug-likeness (QED) is 0.267. The van der Waals surface area contributed by atoms with Crippen molar-refractivity contribution in [3.05, 3.63) is 83.2 Å². The number of hydrogen-bond acceptors (Lipinski definition) is 5. The largest absolute Gasteiger partial charge is 0.489 e. The summed E-state index contributed by atoms with van der Waals surface area (Å²) in [7, 11) is 0. The first kappa shape index (κ1) is 27.1. The predicted molar refractivity (Wildman–Crippen MR) is 132 cm³/mol. The summed E-state index contributed by atoms with van der Waals surface area (Å²) in [6.07, 6.45) is -3.91. The van der Waals surface area contributed by atoms with Gasteiger partial charge >= 0.3 is 6.18 Å². The van der Waals surface area contributed by atoms with E-state index in [0.29, 0.717) is 10.9 Å². The molecule has 208 valence electrons. The van der Waals surface area contributed by atoms with Gasteiger partial charge in [0.2, 0.25) is 11.5 Å². The second-order valence-electron chi connectivity index (χ2n) is 9.66. The number of primary amides is 1. The minimum Gasteiger partial charge on any atom is -0.489 e. The Kier molecular flexibility index (Phi) is 6.29. The molecule has 0 spiro atoms. The van der Waals surface area contributed by atoms with Crippen LogP contribution in [-0.4, -0.2) is 46.2 Å². The Balaban J connectivity index is 1.60. The number of carbonyl (C=O) groups is 2. The van der Waals surface area contributed by atoms with Crippen LogP contribution in [0.3, 0.4) is 0 Å². The van der Waals surface area contributed by atoms with E-state index >= 15 is 0 Å². The molecule has 2 aromatic heterocycles. The van der Waals surface area contributed by atoms with E-state index in [0.717, 1.165) is 30.3 Å². The summed E-state index contributed by atoms with van der Waals surface area (Å²) in [6, 6.07) is 9.11. The number of nitrogens with one attached hydrogen (secondary N) is 2. The number of aromatic amines is 1. The minimum atomic E-state index is -5.41. The number of ether oxygens (including phenoxy) is 1. The van der Waals surface area contributed by atoms with Crippen LogP contribution in [0.4, 0.5) is 22.0 Å². The highest BCUT2D eigenvalue weighted by molar-refractivity contribution is 5.98. The third-order valence-electron chi connectivity index (χ3n) is 7.02.